The van der Waals surface area contributed by atoms with Crippen molar-refractivity contribution in [3.8, 4) is 5.75 Å². The Morgan fingerprint density at radius 1 is 1.41 bits per heavy atom. The summed E-state index contributed by atoms with van der Waals surface area (Å²) in [6, 6.07) is 6.73. The predicted octanol–water partition coefficient (Wildman–Crippen LogP) is 0.909. The molecule has 0 spiro atoms. The number of likely N-dealkylation sites (N-methyl/N-ethyl adjacent to an activating group) is 1. The van der Waals surface area contributed by atoms with Crippen LogP contribution in [0.4, 0.5) is 0 Å². The molecule has 1 heterocycles. The minimum atomic E-state index is -0.456. The van der Waals surface area contributed by atoms with Crippen molar-refractivity contribution in [2.45, 2.75) is 19.1 Å². The lowest BCUT2D eigenvalue weighted by Gasteiger charge is -2.36. The molecule has 2 rings (SSSR count). The average Bonchev–Trinajstić information content (AvgIpc) is 2.27. The van der Waals surface area contributed by atoms with Gasteiger partial charge in [0.15, 0.2) is 5.78 Å². The Balaban J connectivity index is 1.96. The number of carbonyl (C=O) groups is 1. The summed E-state index contributed by atoms with van der Waals surface area (Å²) < 4.78 is 5.73. The number of Topliss-reactive ketones (excluding diaryl/α,β-unsaturated/α-hetero) is 1. The van der Waals surface area contributed by atoms with Crippen LogP contribution in [0.5, 0.6) is 5.75 Å². The molecule has 4 nitrogen and oxygen atoms in total. The SMILES string of the molecule is CC(N)C(=O)c1ccc(OC2CN(C)C2)cc1. The normalized spacial score (nSPS) is 18.5. The molecule has 17 heavy (non-hydrogen) atoms. The van der Waals surface area contributed by atoms with Crippen LogP contribution in [0.3, 0.4) is 0 Å². The van der Waals surface area contributed by atoms with Crippen molar-refractivity contribution < 1.29 is 9.53 Å². The van der Waals surface area contributed by atoms with Gasteiger partial charge in [-0.2, -0.15) is 0 Å². The minimum Gasteiger partial charge on any atom is -0.488 e. The van der Waals surface area contributed by atoms with Crippen molar-refractivity contribution in [2.75, 3.05) is 20.1 Å². The summed E-state index contributed by atoms with van der Waals surface area (Å²) in [4.78, 5) is 13.8. The highest BCUT2D eigenvalue weighted by Gasteiger charge is 2.24. The molecule has 1 unspecified atom stereocenters. The first-order chi connectivity index (χ1) is 8.06. The van der Waals surface area contributed by atoms with Crippen molar-refractivity contribution in [1.29, 1.82) is 0 Å². The fraction of sp³-hybridized carbons (Fsp3) is 0.462. The molecule has 1 aliphatic heterocycles. The summed E-state index contributed by atoms with van der Waals surface area (Å²) in [6.07, 6.45) is 0.273. The molecule has 1 aromatic carbocycles. The number of likely N-dealkylation sites (tertiary alicyclic amines) is 1. The molecule has 1 aromatic rings. The molecule has 0 saturated carbocycles. The van der Waals surface area contributed by atoms with Gasteiger partial charge < -0.3 is 10.5 Å². The van der Waals surface area contributed by atoms with Gasteiger partial charge >= 0.3 is 0 Å². The summed E-state index contributed by atoms with van der Waals surface area (Å²) >= 11 is 0. The monoisotopic (exact) mass is 234 g/mol. The van der Waals surface area contributed by atoms with E-state index in [0.717, 1.165) is 18.8 Å². The smallest absolute Gasteiger partial charge is 0.179 e. The van der Waals surface area contributed by atoms with Crippen molar-refractivity contribution in [1.82, 2.24) is 4.90 Å². The average molecular weight is 234 g/mol. The van der Waals surface area contributed by atoms with Crippen LogP contribution >= 0.6 is 0 Å². The van der Waals surface area contributed by atoms with E-state index in [1.807, 2.05) is 12.1 Å². The number of nitrogens with zero attached hydrogens (tertiary/aromatic N) is 1. The summed E-state index contributed by atoms with van der Waals surface area (Å²) in [5, 5.41) is 0. The highest BCUT2D eigenvalue weighted by Crippen LogP contribution is 2.18. The third kappa shape index (κ3) is 2.84. The number of carbonyl (C=O) groups excluding carboxylic acids is 1. The first-order valence-electron chi connectivity index (χ1n) is 5.81. The molecular formula is C13H18N2O2. The second-order valence-corrected chi connectivity index (χ2v) is 4.64. The van der Waals surface area contributed by atoms with E-state index in [1.165, 1.54) is 0 Å². The lowest BCUT2D eigenvalue weighted by atomic mass is 10.1. The van der Waals surface area contributed by atoms with E-state index in [-0.39, 0.29) is 11.9 Å². The van der Waals surface area contributed by atoms with E-state index in [4.69, 9.17) is 10.5 Å². The van der Waals surface area contributed by atoms with Gasteiger partial charge in [0.1, 0.15) is 11.9 Å². The van der Waals surface area contributed by atoms with Crippen molar-refractivity contribution >= 4 is 5.78 Å². The topological polar surface area (TPSA) is 55.6 Å². The van der Waals surface area contributed by atoms with Gasteiger partial charge in [-0.05, 0) is 38.2 Å². The number of benzene rings is 1. The van der Waals surface area contributed by atoms with Gasteiger partial charge in [0.2, 0.25) is 0 Å². The van der Waals surface area contributed by atoms with E-state index >= 15 is 0 Å². The molecule has 0 aliphatic carbocycles. The summed E-state index contributed by atoms with van der Waals surface area (Å²) in [5.41, 5.74) is 6.18. The molecule has 1 aliphatic rings. The zero-order valence-corrected chi connectivity index (χ0v) is 10.2. The quantitative estimate of drug-likeness (QED) is 0.787. The molecular weight excluding hydrogens is 216 g/mol. The molecule has 92 valence electrons. The molecule has 1 atom stereocenters. The van der Waals surface area contributed by atoms with Crippen molar-refractivity contribution in [2.24, 2.45) is 5.73 Å². The van der Waals surface area contributed by atoms with Crippen LogP contribution in [0.2, 0.25) is 0 Å². The number of ketones is 1. The fourth-order valence-electron chi connectivity index (χ4n) is 1.87. The number of ether oxygens (including phenoxy) is 1. The van der Waals surface area contributed by atoms with Crippen LogP contribution in [-0.2, 0) is 0 Å². The predicted molar refractivity (Wildman–Crippen MR) is 66.3 cm³/mol. The summed E-state index contributed by atoms with van der Waals surface area (Å²) in [6.45, 7) is 3.61. The number of rotatable bonds is 4. The maximum absolute atomic E-state index is 11.6. The second-order valence-electron chi connectivity index (χ2n) is 4.64. The van der Waals surface area contributed by atoms with Gasteiger partial charge in [-0.3, -0.25) is 9.69 Å². The standard InChI is InChI=1S/C13H18N2O2/c1-9(14)13(16)10-3-5-11(6-4-10)17-12-7-15(2)8-12/h3-6,9,12H,7-8,14H2,1-2H3. The molecule has 0 radical (unpaired) electrons. The third-order valence-electron chi connectivity index (χ3n) is 2.89. The lowest BCUT2D eigenvalue weighted by molar-refractivity contribution is 0.0388. The minimum absolute atomic E-state index is 0.0417. The highest BCUT2D eigenvalue weighted by molar-refractivity contribution is 5.99. The molecule has 0 bridgehead atoms. The van der Waals surface area contributed by atoms with Crippen LogP contribution in [0.25, 0.3) is 0 Å². The lowest BCUT2D eigenvalue weighted by Crippen LogP contribution is -2.51. The van der Waals surface area contributed by atoms with E-state index in [2.05, 4.69) is 11.9 Å². The Morgan fingerprint density at radius 2 is 2.00 bits per heavy atom. The summed E-state index contributed by atoms with van der Waals surface area (Å²) in [7, 11) is 2.06. The largest absolute Gasteiger partial charge is 0.488 e. The van der Waals surface area contributed by atoms with Crippen LogP contribution in [0.1, 0.15) is 17.3 Å². The second kappa shape index (κ2) is 4.85. The van der Waals surface area contributed by atoms with E-state index in [9.17, 15) is 4.79 Å². The van der Waals surface area contributed by atoms with Crippen LogP contribution in [-0.4, -0.2) is 43.0 Å². The van der Waals surface area contributed by atoms with Gasteiger partial charge in [0, 0.05) is 18.7 Å². The van der Waals surface area contributed by atoms with E-state index in [1.54, 1.807) is 19.1 Å². The number of nitrogens with two attached hydrogens (primary N) is 1. The van der Waals surface area contributed by atoms with E-state index in [0.29, 0.717) is 5.56 Å². The van der Waals surface area contributed by atoms with E-state index < -0.39 is 6.04 Å². The first kappa shape index (κ1) is 12.1. The maximum atomic E-state index is 11.6. The number of hydrogen-bond donors (Lipinski definition) is 1. The fourth-order valence-corrected chi connectivity index (χ4v) is 1.87. The van der Waals surface area contributed by atoms with Gasteiger partial charge in [0.25, 0.3) is 0 Å². The maximum Gasteiger partial charge on any atom is 0.179 e. The van der Waals surface area contributed by atoms with Crippen LogP contribution < -0.4 is 10.5 Å². The summed E-state index contributed by atoms with van der Waals surface area (Å²) in [5.74, 6) is 0.768. The Hall–Kier alpha value is -1.39. The molecule has 1 fully saturated rings. The molecule has 2 N–H and O–H groups in total. The zero-order valence-electron chi connectivity index (χ0n) is 10.2. The highest BCUT2D eigenvalue weighted by atomic mass is 16.5. The molecule has 4 heteroatoms. The molecule has 0 aromatic heterocycles. The zero-order chi connectivity index (χ0) is 12.4. The third-order valence-corrected chi connectivity index (χ3v) is 2.89. The van der Waals surface area contributed by atoms with Gasteiger partial charge in [0.05, 0.1) is 6.04 Å². The Morgan fingerprint density at radius 3 is 2.47 bits per heavy atom. The van der Waals surface area contributed by atoms with Gasteiger partial charge in [-0.1, -0.05) is 0 Å². The molecule has 0 amide bonds. The molecule has 1 saturated heterocycles. The van der Waals surface area contributed by atoms with Crippen LogP contribution in [0, 0.1) is 0 Å². The van der Waals surface area contributed by atoms with Crippen molar-refractivity contribution in [3.63, 3.8) is 0 Å². The van der Waals surface area contributed by atoms with Crippen LogP contribution in [0.15, 0.2) is 24.3 Å². The first-order valence-corrected chi connectivity index (χ1v) is 5.81. The number of hydrogen-bond acceptors (Lipinski definition) is 4. The Bertz CT molecular complexity index is 394. The van der Waals surface area contributed by atoms with Gasteiger partial charge in [-0.15, -0.1) is 0 Å². The Labute approximate surface area is 101 Å². The van der Waals surface area contributed by atoms with Gasteiger partial charge in [-0.25, -0.2) is 0 Å². The van der Waals surface area contributed by atoms with Crippen molar-refractivity contribution in [3.05, 3.63) is 29.8 Å². The Kier molecular flexibility index (Phi) is 3.45.